The van der Waals surface area contributed by atoms with Crippen LogP contribution in [0.15, 0.2) is 21.2 Å². The Morgan fingerprint density at radius 2 is 2.33 bits per heavy atom. The minimum atomic E-state index is -0.942. The Morgan fingerprint density at radius 3 is 2.73 bits per heavy atom. The SMILES string of the molecule is CCCNC(C)(C(N)=O)c1ccc(Br)o1. The minimum absolute atomic E-state index is 0.446. The lowest BCUT2D eigenvalue weighted by molar-refractivity contribution is -0.124. The highest BCUT2D eigenvalue weighted by Crippen LogP contribution is 2.25. The molecule has 0 aliphatic heterocycles. The average molecular weight is 275 g/mol. The summed E-state index contributed by atoms with van der Waals surface area (Å²) in [4.78, 5) is 11.4. The Kier molecular flexibility index (Phi) is 3.93. The van der Waals surface area contributed by atoms with E-state index < -0.39 is 11.4 Å². The molecule has 0 aromatic carbocycles. The van der Waals surface area contributed by atoms with Crippen molar-refractivity contribution in [3.8, 4) is 0 Å². The van der Waals surface area contributed by atoms with Crippen LogP contribution >= 0.6 is 15.9 Å². The molecule has 0 aliphatic rings. The topological polar surface area (TPSA) is 68.3 Å². The molecule has 0 bridgehead atoms. The number of amides is 1. The maximum Gasteiger partial charge on any atom is 0.245 e. The van der Waals surface area contributed by atoms with E-state index in [0.717, 1.165) is 6.42 Å². The molecule has 5 heteroatoms. The summed E-state index contributed by atoms with van der Waals surface area (Å²) in [7, 11) is 0. The number of carbonyl (C=O) groups is 1. The zero-order chi connectivity index (χ0) is 11.5. The number of hydrogen-bond acceptors (Lipinski definition) is 3. The van der Waals surface area contributed by atoms with E-state index in [9.17, 15) is 4.79 Å². The van der Waals surface area contributed by atoms with E-state index in [2.05, 4.69) is 21.2 Å². The number of rotatable bonds is 5. The van der Waals surface area contributed by atoms with Crippen LogP contribution in [0, 0.1) is 0 Å². The van der Waals surface area contributed by atoms with Crippen molar-refractivity contribution in [2.24, 2.45) is 5.73 Å². The fraction of sp³-hybridized carbons (Fsp3) is 0.500. The normalized spacial score (nSPS) is 14.9. The fourth-order valence-electron chi connectivity index (χ4n) is 1.25. The highest BCUT2D eigenvalue weighted by molar-refractivity contribution is 9.10. The van der Waals surface area contributed by atoms with Crippen LogP contribution in [0.5, 0.6) is 0 Å². The number of halogens is 1. The lowest BCUT2D eigenvalue weighted by atomic mass is 9.98. The molecule has 3 N–H and O–H groups in total. The summed E-state index contributed by atoms with van der Waals surface area (Å²) >= 11 is 3.20. The summed E-state index contributed by atoms with van der Waals surface area (Å²) in [6, 6.07) is 3.47. The van der Waals surface area contributed by atoms with E-state index in [0.29, 0.717) is 17.0 Å². The lowest BCUT2D eigenvalue weighted by Crippen LogP contribution is -2.50. The Morgan fingerprint density at radius 1 is 1.67 bits per heavy atom. The molecule has 1 amide bonds. The van der Waals surface area contributed by atoms with Gasteiger partial charge in [0, 0.05) is 0 Å². The van der Waals surface area contributed by atoms with Crippen LogP contribution in [-0.4, -0.2) is 12.5 Å². The Balaban J connectivity index is 2.95. The Labute approximate surface area is 97.3 Å². The molecule has 0 spiro atoms. The van der Waals surface area contributed by atoms with Gasteiger partial charge < -0.3 is 10.2 Å². The van der Waals surface area contributed by atoms with Gasteiger partial charge in [0.1, 0.15) is 5.76 Å². The van der Waals surface area contributed by atoms with Gasteiger partial charge in [-0.25, -0.2) is 0 Å². The van der Waals surface area contributed by atoms with Crippen molar-refractivity contribution in [1.82, 2.24) is 5.32 Å². The summed E-state index contributed by atoms with van der Waals surface area (Å²) in [6.07, 6.45) is 0.921. The van der Waals surface area contributed by atoms with Gasteiger partial charge in [-0.2, -0.15) is 0 Å². The maximum absolute atomic E-state index is 11.4. The van der Waals surface area contributed by atoms with Gasteiger partial charge in [0.15, 0.2) is 10.2 Å². The third-order valence-electron chi connectivity index (χ3n) is 2.29. The minimum Gasteiger partial charge on any atom is -0.452 e. The molecule has 1 aromatic rings. The van der Waals surface area contributed by atoms with E-state index in [4.69, 9.17) is 10.2 Å². The molecule has 0 fully saturated rings. The molecule has 84 valence electrons. The van der Waals surface area contributed by atoms with E-state index in [1.54, 1.807) is 19.1 Å². The highest BCUT2D eigenvalue weighted by Gasteiger charge is 2.35. The standard InChI is InChI=1S/C10H15BrN2O2/c1-3-6-13-10(2,9(12)14)7-4-5-8(11)15-7/h4-5,13H,3,6H2,1-2H3,(H2,12,14). The molecule has 1 rings (SSSR count). The molecule has 0 aliphatic carbocycles. The van der Waals surface area contributed by atoms with Crippen LogP contribution in [-0.2, 0) is 10.3 Å². The molecule has 0 saturated carbocycles. The van der Waals surface area contributed by atoms with Gasteiger partial charge in [-0.05, 0) is 48.0 Å². The number of nitrogens with one attached hydrogen (secondary N) is 1. The van der Waals surface area contributed by atoms with E-state index >= 15 is 0 Å². The summed E-state index contributed by atoms with van der Waals surface area (Å²) in [6.45, 7) is 4.44. The molecular weight excluding hydrogens is 260 g/mol. The van der Waals surface area contributed by atoms with Crippen molar-refractivity contribution in [3.05, 3.63) is 22.6 Å². The molecule has 1 atom stereocenters. The molecule has 0 saturated heterocycles. The second-order valence-corrected chi connectivity index (χ2v) is 4.30. The fourth-order valence-corrected chi connectivity index (χ4v) is 1.56. The van der Waals surface area contributed by atoms with Crippen molar-refractivity contribution < 1.29 is 9.21 Å². The van der Waals surface area contributed by atoms with Crippen molar-refractivity contribution in [2.75, 3.05) is 6.54 Å². The van der Waals surface area contributed by atoms with Crippen LogP contribution < -0.4 is 11.1 Å². The third kappa shape index (κ3) is 2.60. The monoisotopic (exact) mass is 274 g/mol. The Bertz CT molecular complexity index is 351. The van der Waals surface area contributed by atoms with Crippen molar-refractivity contribution in [3.63, 3.8) is 0 Å². The second-order valence-electron chi connectivity index (χ2n) is 3.52. The van der Waals surface area contributed by atoms with Gasteiger partial charge in [0.25, 0.3) is 0 Å². The first-order chi connectivity index (χ1) is 7.00. The first-order valence-electron chi connectivity index (χ1n) is 4.81. The molecule has 15 heavy (non-hydrogen) atoms. The van der Waals surface area contributed by atoms with E-state index in [1.165, 1.54) is 0 Å². The van der Waals surface area contributed by atoms with Crippen molar-refractivity contribution >= 4 is 21.8 Å². The molecule has 0 radical (unpaired) electrons. The predicted molar refractivity (Wildman–Crippen MR) is 61.2 cm³/mol. The van der Waals surface area contributed by atoms with Gasteiger partial charge in [-0.15, -0.1) is 0 Å². The predicted octanol–water partition coefficient (Wildman–Crippen LogP) is 1.74. The number of primary amides is 1. The third-order valence-corrected chi connectivity index (χ3v) is 2.71. The van der Waals surface area contributed by atoms with Crippen LogP contribution in [0.25, 0.3) is 0 Å². The highest BCUT2D eigenvalue weighted by atomic mass is 79.9. The molecule has 1 aromatic heterocycles. The van der Waals surface area contributed by atoms with Crippen LogP contribution in [0.4, 0.5) is 0 Å². The Hall–Kier alpha value is -0.810. The average Bonchev–Trinajstić information content (AvgIpc) is 2.61. The van der Waals surface area contributed by atoms with E-state index in [-0.39, 0.29) is 0 Å². The van der Waals surface area contributed by atoms with Crippen molar-refractivity contribution in [1.29, 1.82) is 0 Å². The number of nitrogens with two attached hydrogens (primary N) is 1. The lowest BCUT2D eigenvalue weighted by Gasteiger charge is -2.24. The molecule has 4 nitrogen and oxygen atoms in total. The van der Waals surface area contributed by atoms with Crippen LogP contribution in [0.2, 0.25) is 0 Å². The molecule has 1 heterocycles. The second kappa shape index (κ2) is 4.81. The number of furan rings is 1. The van der Waals surface area contributed by atoms with Crippen LogP contribution in [0.3, 0.4) is 0 Å². The zero-order valence-electron chi connectivity index (χ0n) is 8.84. The van der Waals surface area contributed by atoms with Crippen molar-refractivity contribution in [2.45, 2.75) is 25.8 Å². The molecular formula is C10H15BrN2O2. The zero-order valence-corrected chi connectivity index (χ0v) is 10.4. The van der Waals surface area contributed by atoms with Gasteiger partial charge in [-0.1, -0.05) is 6.92 Å². The number of hydrogen-bond donors (Lipinski definition) is 2. The summed E-state index contributed by atoms with van der Waals surface area (Å²) in [5, 5.41) is 3.09. The van der Waals surface area contributed by atoms with Gasteiger partial charge >= 0.3 is 0 Å². The first kappa shape index (κ1) is 12.3. The van der Waals surface area contributed by atoms with Gasteiger partial charge in [-0.3, -0.25) is 10.1 Å². The van der Waals surface area contributed by atoms with Crippen LogP contribution in [0.1, 0.15) is 26.0 Å². The summed E-state index contributed by atoms with van der Waals surface area (Å²) < 4.78 is 5.95. The van der Waals surface area contributed by atoms with Gasteiger partial charge in [0.2, 0.25) is 5.91 Å². The molecule has 1 unspecified atom stereocenters. The summed E-state index contributed by atoms with van der Waals surface area (Å²) in [5.74, 6) is 0.0770. The summed E-state index contributed by atoms with van der Waals surface area (Å²) in [5.41, 5.74) is 4.43. The number of carbonyl (C=O) groups excluding carboxylic acids is 1. The first-order valence-corrected chi connectivity index (χ1v) is 5.60. The van der Waals surface area contributed by atoms with Gasteiger partial charge in [0.05, 0.1) is 0 Å². The smallest absolute Gasteiger partial charge is 0.245 e. The van der Waals surface area contributed by atoms with E-state index in [1.807, 2.05) is 6.92 Å². The quantitative estimate of drug-likeness (QED) is 0.860. The largest absolute Gasteiger partial charge is 0.452 e. The maximum atomic E-state index is 11.4.